The molecule has 2 aromatic rings. The van der Waals surface area contributed by atoms with Gasteiger partial charge in [0, 0.05) is 37.8 Å². The number of aliphatic hydroxyl groups is 1. The maximum atomic E-state index is 12.5. The maximum Gasteiger partial charge on any atom is 0.410 e. The molecule has 3 heterocycles. The van der Waals surface area contributed by atoms with E-state index < -0.39 is 5.60 Å². The van der Waals surface area contributed by atoms with Crippen molar-refractivity contribution >= 4 is 17.9 Å². The van der Waals surface area contributed by atoms with E-state index in [-0.39, 0.29) is 31.2 Å². The highest BCUT2D eigenvalue weighted by Crippen LogP contribution is 2.24. The zero-order valence-electron chi connectivity index (χ0n) is 20.9. The fourth-order valence-electron chi connectivity index (χ4n) is 4.18. The molecule has 2 fully saturated rings. The number of anilines is 1. The summed E-state index contributed by atoms with van der Waals surface area (Å²) in [5.41, 5.74) is 1.78. The van der Waals surface area contributed by atoms with Gasteiger partial charge in [0.15, 0.2) is 11.4 Å². The lowest BCUT2D eigenvalue weighted by molar-refractivity contribution is -0.172. The minimum atomic E-state index is -0.522. The zero-order chi connectivity index (χ0) is 25.7. The van der Waals surface area contributed by atoms with Crippen LogP contribution in [0.2, 0.25) is 0 Å². The summed E-state index contributed by atoms with van der Waals surface area (Å²) in [7, 11) is 0. The molecule has 11 nitrogen and oxygen atoms in total. The van der Waals surface area contributed by atoms with E-state index in [1.807, 2.05) is 32.9 Å². The van der Waals surface area contributed by atoms with Crippen molar-refractivity contribution < 1.29 is 28.9 Å². The van der Waals surface area contributed by atoms with Gasteiger partial charge in [0.25, 0.3) is 5.91 Å². The number of hydrogen-bond donors (Lipinski definition) is 2. The summed E-state index contributed by atoms with van der Waals surface area (Å²) < 4.78 is 16.6. The summed E-state index contributed by atoms with van der Waals surface area (Å²) in [5, 5.41) is 11.5. The number of ether oxygens (including phenoxy) is 3. The van der Waals surface area contributed by atoms with E-state index in [0.29, 0.717) is 56.7 Å². The topological polar surface area (TPSA) is 126 Å². The Morgan fingerprint density at radius 1 is 1.25 bits per heavy atom. The molecule has 1 aromatic carbocycles. The van der Waals surface area contributed by atoms with Crippen molar-refractivity contribution in [2.45, 2.75) is 39.0 Å². The fraction of sp³-hybridized carbons (Fsp3) is 0.520. The number of piperazine rings is 1. The first-order valence-electron chi connectivity index (χ1n) is 12.0. The van der Waals surface area contributed by atoms with Gasteiger partial charge < -0.3 is 34.4 Å². The number of benzene rings is 1. The molecule has 0 bridgehead atoms. The van der Waals surface area contributed by atoms with Crippen molar-refractivity contribution in [2.75, 3.05) is 50.9 Å². The lowest BCUT2D eigenvalue weighted by Crippen LogP contribution is -2.57. The molecular weight excluding hydrogens is 466 g/mol. The molecule has 194 valence electrons. The van der Waals surface area contributed by atoms with Crippen LogP contribution in [0.15, 0.2) is 30.6 Å². The summed E-state index contributed by atoms with van der Waals surface area (Å²) >= 11 is 0. The molecule has 4 rings (SSSR count). The van der Waals surface area contributed by atoms with Crippen LogP contribution in [0.4, 0.5) is 10.7 Å². The molecule has 0 unspecified atom stereocenters. The van der Waals surface area contributed by atoms with Gasteiger partial charge in [-0.05, 0) is 38.0 Å². The Morgan fingerprint density at radius 2 is 2.00 bits per heavy atom. The Hall–Kier alpha value is -3.44. The SMILES string of the molecule is Cc1cc(COc2cnc(N3CCN(C(=O)OC4(C)COC4)C[C@H]3C)nc2)ccc1C(=O)NCCO. The van der Waals surface area contributed by atoms with Gasteiger partial charge in [-0.15, -0.1) is 0 Å². The summed E-state index contributed by atoms with van der Waals surface area (Å²) in [6, 6.07) is 5.51. The van der Waals surface area contributed by atoms with Crippen LogP contribution in [-0.4, -0.2) is 89.6 Å². The summed E-state index contributed by atoms with van der Waals surface area (Å²) in [5.74, 6) is 0.899. The number of amides is 2. The van der Waals surface area contributed by atoms with Gasteiger partial charge in [0.05, 0.1) is 32.2 Å². The van der Waals surface area contributed by atoms with Crippen molar-refractivity contribution in [3.8, 4) is 5.75 Å². The van der Waals surface area contributed by atoms with Gasteiger partial charge in [-0.25, -0.2) is 14.8 Å². The predicted molar refractivity (Wildman–Crippen MR) is 131 cm³/mol. The summed E-state index contributed by atoms with van der Waals surface area (Å²) in [4.78, 5) is 37.3. The Kier molecular flexibility index (Phi) is 7.90. The van der Waals surface area contributed by atoms with Gasteiger partial charge >= 0.3 is 6.09 Å². The van der Waals surface area contributed by atoms with Crippen LogP contribution in [0.5, 0.6) is 5.75 Å². The molecule has 2 N–H and O–H groups in total. The largest absolute Gasteiger partial charge is 0.486 e. The Morgan fingerprint density at radius 3 is 2.61 bits per heavy atom. The van der Waals surface area contributed by atoms with E-state index in [9.17, 15) is 9.59 Å². The van der Waals surface area contributed by atoms with E-state index in [0.717, 1.165) is 11.1 Å². The van der Waals surface area contributed by atoms with Crippen LogP contribution in [0.25, 0.3) is 0 Å². The van der Waals surface area contributed by atoms with Gasteiger partial charge in [-0.3, -0.25) is 4.79 Å². The van der Waals surface area contributed by atoms with E-state index >= 15 is 0 Å². The second-order valence-electron chi connectivity index (χ2n) is 9.44. The van der Waals surface area contributed by atoms with Crippen molar-refractivity contribution in [3.63, 3.8) is 0 Å². The minimum absolute atomic E-state index is 0.0274. The second-order valence-corrected chi connectivity index (χ2v) is 9.44. The molecule has 0 radical (unpaired) electrons. The normalized spacial score (nSPS) is 18.8. The molecule has 2 amide bonds. The summed E-state index contributed by atoms with van der Waals surface area (Å²) in [6.07, 6.45) is 2.96. The number of rotatable bonds is 8. The number of nitrogens with one attached hydrogen (secondary N) is 1. The van der Waals surface area contributed by atoms with Crippen LogP contribution in [0.1, 0.15) is 35.3 Å². The molecule has 0 aliphatic carbocycles. The van der Waals surface area contributed by atoms with Crippen molar-refractivity contribution in [3.05, 3.63) is 47.3 Å². The Labute approximate surface area is 210 Å². The molecule has 1 atom stereocenters. The molecule has 36 heavy (non-hydrogen) atoms. The molecule has 0 spiro atoms. The third-order valence-corrected chi connectivity index (χ3v) is 6.24. The minimum Gasteiger partial charge on any atom is -0.486 e. The van der Waals surface area contributed by atoms with Crippen LogP contribution >= 0.6 is 0 Å². The third-order valence-electron chi connectivity index (χ3n) is 6.24. The van der Waals surface area contributed by atoms with Crippen molar-refractivity contribution in [1.82, 2.24) is 20.2 Å². The molecule has 11 heteroatoms. The predicted octanol–water partition coefficient (Wildman–Crippen LogP) is 1.52. The molecule has 2 aliphatic heterocycles. The van der Waals surface area contributed by atoms with Crippen molar-refractivity contribution in [1.29, 1.82) is 0 Å². The molecule has 2 aliphatic rings. The van der Waals surface area contributed by atoms with Gasteiger partial charge in [-0.2, -0.15) is 0 Å². The first-order valence-corrected chi connectivity index (χ1v) is 12.0. The van der Waals surface area contributed by atoms with Crippen molar-refractivity contribution in [2.24, 2.45) is 0 Å². The lowest BCUT2D eigenvalue weighted by Gasteiger charge is -2.42. The van der Waals surface area contributed by atoms with Gasteiger partial charge in [0.1, 0.15) is 6.61 Å². The number of carbonyl (C=O) groups is 2. The number of hydrogen-bond acceptors (Lipinski definition) is 9. The Balaban J connectivity index is 1.28. The first-order chi connectivity index (χ1) is 17.3. The van der Waals surface area contributed by atoms with Crippen LogP contribution in [0, 0.1) is 6.92 Å². The highest BCUT2D eigenvalue weighted by atomic mass is 16.6. The zero-order valence-corrected chi connectivity index (χ0v) is 20.9. The average molecular weight is 500 g/mol. The van der Waals surface area contributed by atoms with E-state index in [1.54, 1.807) is 23.4 Å². The lowest BCUT2D eigenvalue weighted by atomic mass is 10.0. The third kappa shape index (κ3) is 6.03. The molecular formula is C25H33N5O6. The van der Waals surface area contributed by atoms with Crippen LogP contribution < -0.4 is 15.0 Å². The number of aliphatic hydroxyl groups excluding tert-OH is 1. The smallest absolute Gasteiger partial charge is 0.410 e. The van der Waals surface area contributed by atoms with E-state index in [4.69, 9.17) is 19.3 Å². The standard InChI is InChI=1S/C25H33N5O6/c1-17-10-19(4-5-21(17)22(32)26-6-9-31)14-35-20-11-27-23(28-12-20)30-8-7-29(13-18(30)2)24(33)36-25(3)15-34-16-25/h4-5,10-12,18,31H,6-9,13-16H2,1-3H3,(H,26,32)/t18-/m1/s1. The highest BCUT2D eigenvalue weighted by molar-refractivity contribution is 5.95. The molecule has 2 saturated heterocycles. The first kappa shape index (κ1) is 25.6. The highest BCUT2D eigenvalue weighted by Gasteiger charge is 2.40. The quantitative estimate of drug-likeness (QED) is 0.556. The van der Waals surface area contributed by atoms with Crippen LogP contribution in [-0.2, 0) is 16.1 Å². The molecule has 1 aromatic heterocycles. The Bertz CT molecular complexity index is 1080. The number of carbonyl (C=O) groups excluding carboxylic acids is 2. The van der Waals surface area contributed by atoms with E-state index in [2.05, 4.69) is 20.2 Å². The average Bonchev–Trinajstić information content (AvgIpc) is 2.85. The van der Waals surface area contributed by atoms with E-state index in [1.165, 1.54) is 0 Å². The number of aryl methyl sites for hydroxylation is 1. The van der Waals surface area contributed by atoms with Crippen LogP contribution in [0.3, 0.4) is 0 Å². The number of aromatic nitrogens is 2. The number of nitrogens with zero attached hydrogens (tertiary/aromatic N) is 4. The maximum absolute atomic E-state index is 12.5. The fourth-order valence-corrected chi connectivity index (χ4v) is 4.18. The second kappa shape index (κ2) is 11.1. The summed E-state index contributed by atoms with van der Waals surface area (Å²) in [6.45, 7) is 8.70. The molecule has 0 saturated carbocycles. The van der Waals surface area contributed by atoms with Gasteiger partial charge in [0.2, 0.25) is 5.95 Å². The monoisotopic (exact) mass is 499 g/mol. The van der Waals surface area contributed by atoms with Gasteiger partial charge in [-0.1, -0.05) is 12.1 Å².